The maximum absolute atomic E-state index is 5.34. The molecule has 5 nitrogen and oxygen atoms in total. The fraction of sp³-hybridized carbons (Fsp3) is 0.846. The Morgan fingerprint density at radius 3 is 2.94 bits per heavy atom. The number of nitrogens with zero attached hydrogens (tertiary/aromatic N) is 3. The number of rotatable bonds is 6. The Kier molecular flexibility index (Phi) is 3.61. The first-order valence-corrected chi connectivity index (χ1v) is 7.13. The van der Waals surface area contributed by atoms with Crippen molar-refractivity contribution in [3.8, 4) is 0 Å². The molecule has 0 bridgehead atoms. The number of hydrogen-bond donors (Lipinski definition) is 1. The highest BCUT2D eigenvalue weighted by Crippen LogP contribution is 2.38. The first kappa shape index (κ1) is 12.1. The van der Waals surface area contributed by atoms with Crippen molar-refractivity contribution < 1.29 is 4.52 Å². The Morgan fingerprint density at radius 2 is 2.28 bits per heavy atom. The van der Waals surface area contributed by atoms with Gasteiger partial charge in [0, 0.05) is 18.5 Å². The molecule has 1 aliphatic carbocycles. The van der Waals surface area contributed by atoms with Gasteiger partial charge in [-0.15, -0.1) is 0 Å². The highest BCUT2D eigenvalue weighted by Gasteiger charge is 2.29. The summed E-state index contributed by atoms with van der Waals surface area (Å²) in [6, 6.07) is 0.635. The summed E-state index contributed by atoms with van der Waals surface area (Å²) >= 11 is 0. The summed E-state index contributed by atoms with van der Waals surface area (Å²) in [4.78, 5) is 6.88. The minimum Gasteiger partial charge on any atom is -0.338 e. The molecule has 3 rings (SSSR count). The monoisotopic (exact) mass is 250 g/mol. The van der Waals surface area contributed by atoms with Gasteiger partial charge in [0.2, 0.25) is 5.89 Å². The molecule has 0 spiro atoms. The van der Waals surface area contributed by atoms with E-state index in [0.29, 0.717) is 12.0 Å². The van der Waals surface area contributed by atoms with E-state index in [1.165, 1.54) is 25.7 Å². The smallest absolute Gasteiger partial charge is 0.240 e. The molecule has 2 fully saturated rings. The molecule has 5 heteroatoms. The van der Waals surface area contributed by atoms with Gasteiger partial charge in [0.25, 0.3) is 0 Å². The lowest BCUT2D eigenvalue weighted by Crippen LogP contribution is -2.37. The molecule has 1 unspecified atom stereocenters. The Morgan fingerprint density at radius 1 is 1.39 bits per heavy atom. The van der Waals surface area contributed by atoms with Crippen molar-refractivity contribution in [3.63, 3.8) is 0 Å². The van der Waals surface area contributed by atoms with Gasteiger partial charge < -0.3 is 9.84 Å². The third-order valence-corrected chi connectivity index (χ3v) is 3.87. The van der Waals surface area contributed by atoms with Crippen molar-refractivity contribution in [2.75, 3.05) is 19.6 Å². The van der Waals surface area contributed by atoms with Crippen LogP contribution in [0.4, 0.5) is 0 Å². The molecule has 0 radical (unpaired) electrons. The molecular weight excluding hydrogens is 228 g/mol. The van der Waals surface area contributed by atoms with E-state index in [1.807, 2.05) is 0 Å². The molecule has 1 N–H and O–H groups in total. The largest absolute Gasteiger partial charge is 0.338 e. The van der Waals surface area contributed by atoms with Gasteiger partial charge in [-0.05, 0) is 38.8 Å². The van der Waals surface area contributed by atoms with E-state index >= 15 is 0 Å². The first-order chi connectivity index (χ1) is 8.85. The predicted octanol–water partition coefficient (Wildman–Crippen LogP) is 1.52. The van der Waals surface area contributed by atoms with E-state index < -0.39 is 0 Å². The number of aromatic nitrogens is 2. The van der Waals surface area contributed by atoms with Crippen LogP contribution in [0.15, 0.2) is 4.52 Å². The third-order valence-electron chi connectivity index (χ3n) is 3.87. The van der Waals surface area contributed by atoms with Gasteiger partial charge in [0.15, 0.2) is 5.82 Å². The Hall–Kier alpha value is -0.940. The fourth-order valence-electron chi connectivity index (χ4n) is 2.56. The highest BCUT2D eigenvalue weighted by molar-refractivity contribution is 5.03. The van der Waals surface area contributed by atoms with Crippen LogP contribution in [0.5, 0.6) is 0 Å². The summed E-state index contributed by atoms with van der Waals surface area (Å²) in [5, 5.41) is 7.60. The van der Waals surface area contributed by atoms with Gasteiger partial charge in [0.05, 0.1) is 6.54 Å². The number of nitrogens with one attached hydrogen (secondary N) is 1. The van der Waals surface area contributed by atoms with E-state index in [0.717, 1.165) is 37.9 Å². The van der Waals surface area contributed by atoms with Gasteiger partial charge in [-0.25, -0.2) is 0 Å². The molecule has 1 atom stereocenters. The quantitative estimate of drug-likeness (QED) is 0.829. The van der Waals surface area contributed by atoms with Crippen LogP contribution in [0.1, 0.15) is 50.2 Å². The van der Waals surface area contributed by atoms with Crippen molar-refractivity contribution in [1.82, 2.24) is 20.4 Å². The van der Waals surface area contributed by atoms with E-state index in [4.69, 9.17) is 4.52 Å². The molecule has 1 saturated carbocycles. The van der Waals surface area contributed by atoms with Gasteiger partial charge in [-0.3, -0.25) is 4.90 Å². The Bertz CT molecular complexity index is 382. The molecule has 1 aliphatic heterocycles. The van der Waals surface area contributed by atoms with Crippen molar-refractivity contribution >= 4 is 0 Å². The van der Waals surface area contributed by atoms with E-state index in [9.17, 15) is 0 Å². The number of hydrogen-bond acceptors (Lipinski definition) is 5. The first-order valence-electron chi connectivity index (χ1n) is 7.13. The van der Waals surface area contributed by atoms with E-state index in [1.54, 1.807) is 0 Å². The second-order valence-corrected chi connectivity index (χ2v) is 5.44. The summed E-state index contributed by atoms with van der Waals surface area (Å²) in [5.41, 5.74) is 0. The van der Waals surface area contributed by atoms with Gasteiger partial charge in [-0.2, -0.15) is 4.98 Å². The molecule has 2 aliphatic rings. The van der Waals surface area contributed by atoms with Gasteiger partial charge >= 0.3 is 0 Å². The summed E-state index contributed by atoms with van der Waals surface area (Å²) in [7, 11) is 0. The maximum Gasteiger partial charge on any atom is 0.240 e. The van der Waals surface area contributed by atoms with Crippen LogP contribution in [0.25, 0.3) is 0 Å². The molecule has 18 heavy (non-hydrogen) atoms. The number of likely N-dealkylation sites (N-methyl/N-ethyl adjacent to an activating group) is 1. The standard InChI is InChI=1S/C13H22N4O/c1-2-17(8-11-4-3-7-14-11)9-12-15-13(16-18-12)10-5-6-10/h10-11,14H,2-9H2,1H3. The average molecular weight is 250 g/mol. The van der Waals surface area contributed by atoms with Crippen molar-refractivity contribution in [1.29, 1.82) is 0 Å². The van der Waals surface area contributed by atoms with Crippen LogP contribution in [-0.4, -0.2) is 40.7 Å². The lowest BCUT2D eigenvalue weighted by Gasteiger charge is -2.22. The predicted molar refractivity (Wildman–Crippen MR) is 68.2 cm³/mol. The molecule has 1 aromatic rings. The SMILES string of the molecule is CCN(Cc1nc(C2CC2)no1)CC1CCCN1. The zero-order valence-electron chi connectivity index (χ0n) is 11.1. The molecule has 100 valence electrons. The molecule has 2 heterocycles. The van der Waals surface area contributed by atoms with Gasteiger partial charge in [-0.1, -0.05) is 12.1 Å². The second-order valence-electron chi connectivity index (χ2n) is 5.44. The highest BCUT2D eigenvalue weighted by atomic mass is 16.5. The van der Waals surface area contributed by atoms with Crippen LogP contribution in [0, 0.1) is 0 Å². The van der Waals surface area contributed by atoms with Crippen LogP contribution < -0.4 is 5.32 Å². The topological polar surface area (TPSA) is 54.2 Å². The van der Waals surface area contributed by atoms with Crippen LogP contribution in [-0.2, 0) is 6.54 Å². The third kappa shape index (κ3) is 2.90. The molecule has 0 amide bonds. The molecule has 1 saturated heterocycles. The van der Waals surface area contributed by atoms with E-state index in [2.05, 4.69) is 27.3 Å². The minimum absolute atomic E-state index is 0.578. The second kappa shape index (κ2) is 5.36. The Balaban J connectivity index is 1.54. The van der Waals surface area contributed by atoms with Crippen LogP contribution in [0.3, 0.4) is 0 Å². The van der Waals surface area contributed by atoms with Crippen LogP contribution >= 0.6 is 0 Å². The van der Waals surface area contributed by atoms with Gasteiger partial charge in [0.1, 0.15) is 0 Å². The summed E-state index contributed by atoms with van der Waals surface area (Å²) < 4.78 is 5.34. The average Bonchev–Trinajstić information content (AvgIpc) is 2.91. The molecule has 0 aromatic carbocycles. The molecular formula is C13H22N4O. The minimum atomic E-state index is 0.578. The van der Waals surface area contributed by atoms with Crippen molar-refractivity contribution in [2.45, 2.75) is 51.1 Å². The Labute approximate surface area is 108 Å². The normalized spacial score (nSPS) is 24.0. The molecule has 1 aromatic heterocycles. The zero-order chi connectivity index (χ0) is 12.4. The maximum atomic E-state index is 5.34. The summed E-state index contributed by atoms with van der Waals surface area (Å²) in [6.45, 7) is 6.24. The van der Waals surface area contributed by atoms with Crippen LogP contribution in [0.2, 0.25) is 0 Å². The van der Waals surface area contributed by atoms with E-state index in [-0.39, 0.29) is 0 Å². The fourth-order valence-corrected chi connectivity index (χ4v) is 2.56. The lowest BCUT2D eigenvalue weighted by atomic mass is 10.2. The zero-order valence-corrected chi connectivity index (χ0v) is 11.1. The summed E-state index contributed by atoms with van der Waals surface area (Å²) in [5.74, 6) is 2.27. The van der Waals surface area contributed by atoms with Crippen molar-refractivity contribution in [2.24, 2.45) is 0 Å². The van der Waals surface area contributed by atoms with Crippen molar-refractivity contribution in [3.05, 3.63) is 11.7 Å². The lowest BCUT2D eigenvalue weighted by molar-refractivity contribution is 0.218. The summed E-state index contributed by atoms with van der Waals surface area (Å²) in [6.07, 6.45) is 5.03.